The molecular formula is C29H46N8. The lowest BCUT2D eigenvalue weighted by atomic mass is 10.2. The summed E-state index contributed by atoms with van der Waals surface area (Å²) in [6, 6.07) is 14.5. The summed E-state index contributed by atoms with van der Waals surface area (Å²) in [5, 5.41) is 8.02. The van der Waals surface area contributed by atoms with Crippen molar-refractivity contribution in [1.29, 1.82) is 0 Å². The Balaban J connectivity index is 1.66. The summed E-state index contributed by atoms with van der Waals surface area (Å²) in [7, 11) is 0. The average molecular weight is 507 g/mol. The highest BCUT2D eigenvalue weighted by molar-refractivity contribution is 5.10. The van der Waals surface area contributed by atoms with Crippen LogP contribution in [0, 0.1) is 0 Å². The molecule has 202 valence electrons. The van der Waals surface area contributed by atoms with Crippen LogP contribution in [0.3, 0.4) is 0 Å². The SMILES string of the molecule is CCN(CC)CCN(Cc1ccccn1)Cc1cc(CN(CCN(CC)CC)Cc2ccccn2)[nH]n1. The van der Waals surface area contributed by atoms with Crippen LogP contribution in [0.2, 0.25) is 0 Å². The number of likely N-dealkylation sites (N-methyl/N-ethyl adjacent to an activating group) is 2. The highest BCUT2D eigenvalue weighted by atomic mass is 15.2. The van der Waals surface area contributed by atoms with E-state index in [1.54, 1.807) is 0 Å². The van der Waals surface area contributed by atoms with E-state index in [0.717, 1.165) is 101 Å². The highest BCUT2D eigenvalue weighted by Gasteiger charge is 2.15. The fourth-order valence-electron chi connectivity index (χ4n) is 4.56. The molecule has 0 saturated heterocycles. The van der Waals surface area contributed by atoms with E-state index in [-0.39, 0.29) is 0 Å². The number of aromatic amines is 1. The van der Waals surface area contributed by atoms with Gasteiger partial charge in [-0.1, -0.05) is 39.8 Å². The molecule has 0 atom stereocenters. The number of nitrogens with zero attached hydrogens (tertiary/aromatic N) is 7. The molecule has 0 unspecified atom stereocenters. The molecule has 0 aliphatic rings. The van der Waals surface area contributed by atoms with Crippen molar-refractivity contribution in [2.45, 2.75) is 53.9 Å². The van der Waals surface area contributed by atoms with E-state index in [2.05, 4.69) is 92.7 Å². The molecule has 3 aromatic heterocycles. The molecule has 8 heteroatoms. The molecule has 0 amide bonds. The maximum atomic E-state index is 4.70. The number of hydrogen-bond acceptors (Lipinski definition) is 7. The topological polar surface area (TPSA) is 67.4 Å². The number of pyridine rings is 2. The Labute approximate surface area is 223 Å². The summed E-state index contributed by atoms with van der Waals surface area (Å²) in [6.45, 7) is 20.5. The molecule has 0 aromatic carbocycles. The number of aromatic nitrogens is 4. The van der Waals surface area contributed by atoms with Crippen LogP contribution in [0.1, 0.15) is 50.5 Å². The molecule has 37 heavy (non-hydrogen) atoms. The van der Waals surface area contributed by atoms with Gasteiger partial charge < -0.3 is 9.80 Å². The first-order valence-corrected chi connectivity index (χ1v) is 13.9. The van der Waals surface area contributed by atoms with Gasteiger partial charge in [-0.15, -0.1) is 0 Å². The molecule has 0 spiro atoms. The van der Waals surface area contributed by atoms with Gasteiger partial charge in [-0.3, -0.25) is 24.9 Å². The van der Waals surface area contributed by atoms with Crippen LogP contribution in [0.25, 0.3) is 0 Å². The Morgan fingerprint density at radius 2 is 1.03 bits per heavy atom. The van der Waals surface area contributed by atoms with Gasteiger partial charge in [0.2, 0.25) is 0 Å². The normalized spacial score (nSPS) is 11.9. The molecule has 0 saturated carbocycles. The van der Waals surface area contributed by atoms with Gasteiger partial charge in [0, 0.05) is 70.4 Å². The number of H-pyrrole nitrogens is 1. The predicted molar refractivity (Wildman–Crippen MR) is 151 cm³/mol. The minimum absolute atomic E-state index is 0.800. The molecule has 0 radical (unpaired) electrons. The monoisotopic (exact) mass is 506 g/mol. The van der Waals surface area contributed by atoms with Gasteiger partial charge in [0.1, 0.15) is 0 Å². The highest BCUT2D eigenvalue weighted by Crippen LogP contribution is 2.12. The van der Waals surface area contributed by atoms with E-state index in [1.807, 2.05) is 24.5 Å². The van der Waals surface area contributed by atoms with Crippen molar-refractivity contribution >= 4 is 0 Å². The fraction of sp³-hybridized carbons (Fsp3) is 0.552. The second kappa shape index (κ2) is 16.2. The number of hydrogen-bond donors (Lipinski definition) is 1. The summed E-state index contributed by atoms with van der Waals surface area (Å²) in [4.78, 5) is 19.0. The van der Waals surface area contributed by atoms with Crippen molar-refractivity contribution in [2.75, 3.05) is 52.4 Å². The number of nitrogens with one attached hydrogen (secondary N) is 1. The first-order chi connectivity index (χ1) is 18.1. The molecule has 1 N–H and O–H groups in total. The van der Waals surface area contributed by atoms with Crippen molar-refractivity contribution in [2.24, 2.45) is 0 Å². The van der Waals surface area contributed by atoms with E-state index < -0.39 is 0 Å². The number of rotatable bonds is 18. The molecule has 0 fully saturated rings. The van der Waals surface area contributed by atoms with Crippen LogP contribution in [0.5, 0.6) is 0 Å². The molecule has 3 aromatic rings. The van der Waals surface area contributed by atoms with E-state index in [9.17, 15) is 0 Å². The van der Waals surface area contributed by atoms with Gasteiger partial charge in [-0.2, -0.15) is 5.10 Å². The van der Waals surface area contributed by atoms with Gasteiger partial charge in [0.05, 0.1) is 17.1 Å². The minimum Gasteiger partial charge on any atom is -0.303 e. The quantitative estimate of drug-likeness (QED) is 0.281. The lowest BCUT2D eigenvalue weighted by molar-refractivity contribution is 0.198. The smallest absolute Gasteiger partial charge is 0.0765 e. The second-order valence-corrected chi connectivity index (χ2v) is 9.50. The van der Waals surface area contributed by atoms with E-state index in [0.29, 0.717) is 0 Å². The molecule has 8 nitrogen and oxygen atoms in total. The third-order valence-electron chi connectivity index (χ3n) is 6.94. The van der Waals surface area contributed by atoms with Crippen LogP contribution in [-0.4, -0.2) is 92.1 Å². The molecule has 3 heterocycles. The van der Waals surface area contributed by atoms with Crippen molar-refractivity contribution in [3.8, 4) is 0 Å². The van der Waals surface area contributed by atoms with Gasteiger partial charge in [0.25, 0.3) is 0 Å². The van der Waals surface area contributed by atoms with Crippen LogP contribution < -0.4 is 0 Å². The Morgan fingerprint density at radius 1 is 0.568 bits per heavy atom. The summed E-state index contributed by atoms with van der Waals surface area (Å²) in [5.41, 5.74) is 4.41. The zero-order chi connectivity index (χ0) is 26.3. The maximum absolute atomic E-state index is 4.70. The van der Waals surface area contributed by atoms with E-state index in [4.69, 9.17) is 5.10 Å². The zero-order valence-electron chi connectivity index (χ0n) is 23.3. The van der Waals surface area contributed by atoms with E-state index in [1.165, 1.54) is 0 Å². The average Bonchev–Trinajstić information content (AvgIpc) is 3.37. The summed E-state index contributed by atoms with van der Waals surface area (Å²) in [5.74, 6) is 0. The van der Waals surface area contributed by atoms with Gasteiger partial charge in [-0.25, -0.2) is 0 Å². The molecular weight excluding hydrogens is 460 g/mol. The van der Waals surface area contributed by atoms with Gasteiger partial charge in [-0.05, 0) is 56.5 Å². The second-order valence-electron chi connectivity index (χ2n) is 9.50. The Hall–Kier alpha value is -2.65. The van der Waals surface area contributed by atoms with Crippen molar-refractivity contribution in [3.05, 3.63) is 77.6 Å². The van der Waals surface area contributed by atoms with Crippen LogP contribution in [-0.2, 0) is 26.2 Å². The van der Waals surface area contributed by atoms with Crippen molar-refractivity contribution in [3.63, 3.8) is 0 Å². The van der Waals surface area contributed by atoms with Crippen molar-refractivity contribution < 1.29 is 0 Å². The summed E-state index contributed by atoms with van der Waals surface area (Å²) in [6.07, 6.45) is 3.75. The first kappa shape index (κ1) is 28.9. The lowest BCUT2D eigenvalue weighted by Gasteiger charge is -2.26. The minimum atomic E-state index is 0.800. The maximum Gasteiger partial charge on any atom is 0.0765 e. The summed E-state index contributed by atoms with van der Waals surface area (Å²) < 4.78 is 0. The summed E-state index contributed by atoms with van der Waals surface area (Å²) >= 11 is 0. The molecule has 0 aliphatic carbocycles. The Bertz CT molecular complexity index is 892. The lowest BCUT2D eigenvalue weighted by Crippen LogP contribution is -2.35. The first-order valence-electron chi connectivity index (χ1n) is 13.9. The van der Waals surface area contributed by atoms with Crippen LogP contribution in [0.4, 0.5) is 0 Å². The predicted octanol–water partition coefficient (Wildman–Crippen LogP) is 3.89. The van der Waals surface area contributed by atoms with Gasteiger partial charge >= 0.3 is 0 Å². The molecule has 3 rings (SSSR count). The largest absolute Gasteiger partial charge is 0.303 e. The van der Waals surface area contributed by atoms with Gasteiger partial charge in [0.15, 0.2) is 0 Å². The zero-order valence-corrected chi connectivity index (χ0v) is 23.3. The van der Waals surface area contributed by atoms with E-state index >= 15 is 0 Å². The third kappa shape index (κ3) is 10.3. The molecule has 0 aliphatic heterocycles. The standard InChI is InChI=1S/C29H46N8/c1-5-34(6-2)17-19-36(22-26-13-9-11-15-30-26)24-28-21-29(33-32-28)25-37(20-18-35(7-3)8-4)23-27-14-10-12-16-31-27/h9-16,21H,5-8,17-20,22-25H2,1-4H3,(H,32,33). The van der Waals surface area contributed by atoms with Crippen molar-refractivity contribution in [1.82, 2.24) is 39.8 Å². The third-order valence-corrected chi connectivity index (χ3v) is 6.94. The van der Waals surface area contributed by atoms with Crippen LogP contribution >= 0.6 is 0 Å². The Kier molecular flexibility index (Phi) is 12.7. The Morgan fingerprint density at radius 3 is 1.49 bits per heavy atom. The van der Waals surface area contributed by atoms with Crippen LogP contribution in [0.15, 0.2) is 54.9 Å². The molecule has 0 bridgehead atoms. The fourth-order valence-corrected chi connectivity index (χ4v) is 4.56.